The molecule has 0 saturated heterocycles. The van der Waals surface area contributed by atoms with Gasteiger partial charge in [0.2, 0.25) is 0 Å². The Balaban J connectivity index is 1.55. The molecule has 0 aliphatic heterocycles. The van der Waals surface area contributed by atoms with Crippen molar-refractivity contribution in [3.63, 3.8) is 0 Å². The summed E-state index contributed by atoms with van der Waals surface area (Å²) in [6.45, 7) is 0.801. The highest BCUT2D eigenvalue weighted by atomic mass is 32.1. The van der Waals surface area contributed by atoms with Crippen LogP contribution in [0.25, 0.3) is 10.6 Å². The van der Waals surface area contributed by atoms with Gasteiger partial charge in [-0.15, -0.1) is 11.3 Å². The number of benzene rings is 1. The minimum atomic E-state index is -0.382. The van der Waals surface area contributed by atoms with Crippen LogP contribution in [0.4, 0.5) is 4.39 Å². The van der Waals surface area contributed by atoms with Crippen LogP contribution in [-0.4, -0.2) is 22.2 Å². The normalized spacial score (nSPS) is 10.6. The molecule has 0 saturated carbocycles. The Kier molecular flexibility index (Phi) is 5.35. The molecule has 0 atom stereocenters. The maximum atomic E-state index is 12.8. The number of thiophene rings is 1. The molecule has 0 fully saturated rings. The maximum Gasteiger partial charge on any atom is 0.266 e. The van der Waals surface area contributed by atoms with Crippen LogP contribution in [0.15, 0.2) is 58.7 Å². The number of aromatic nitrogens is 2. The molecular weight excluding hydrogens is 341 g/mol. The molecule has 3 aromatic rings. The third kappa shape index (κ3) is 4.39. The van der Waals surface area contributed by atoms with E-state index in [4.69, 9.17) is 0 Å². The Morgan fingerprint density at radius 2 is 1.96 bits per heavy atom. The van der Waals surface area contributed by atoms with Gasteiger partial charge < -0.3 is 5.32 Å². The summed E-state index contributed by atoms with van der Waals surface area (Å²) < 4.78 is 14.2. The number of nitrogens with zero attached hydrogens (tertiary/aromatic N) is 2. The van der Waals surface area contributed by atoms with Crippen molar-refractivity contribution < 1.29 is 9.18 Å². The van der Waals surface area contributed by atoms with Crippen LogP contribution >= 0.6 is 11.3 Å². The monoisotopic (exact) mass is 357 g/mol. The highest BCUT2D eigenvalue weighted by Gasteiger charge is 2.06. The summed E-state index contributed by atoms with van der Waals surface area (Å²) >= 11 is 1.56. The topological polar surface area (TPSA) is 64.0 Å². The summed E-state index contributed by atoms with van der Waals surface area (Å²) in [5, 5.41) is 9.06. The van der Waals surface area contributed by atoms with Gasteiger partial charge in [-0.3, -0.25) is 9.59 Å². The average molecular weight is 357 g/mol. The van der Waals surface area contributed by atoms with E-state index >= 15 is 0 Å². The molecule has 25 heavy (non-hydrogen) atoms. The van der Waals surface area contributed by atoms with Crippen molar-refractivity contribution in [2.45, 2.75) is 13.0 Å². The van der Waals surface area contributed by atoms with Crippen LogP contribution in [0.2, 0.25) is 0 Å². The van der Waals surface area contributed by atoms with E-state index in [0.29, 0.717) is 25.1 Å². The summed E-state index contributed by atoms with van der Waals surface area (Å²) in [5.74, 6) is -0.653. The van der Waals surface area contributed by atoms with Crippen LogP contribution in [0.3, 0.4) is 0 Å². The molecule has 2 aromatic heterocycles. The minimum absolute atomic E-state index is 0.176. The Hall–Kier alpha value is -2.80. The molecule has 0 unspecified atom stereocenters. The van der Waals surface area contributed by atoms with Gasteiger partial charge in [0.1, 0.15) is 11.5 Å². The molecule has 5 nitrogen and oxygen atoms in total. The van der Waals surface area contributed by atoms with E-state index in [-0.39, 0.29) is 17.3 Å². The highest BCUT2D eigenvalue weighted by molar-refractivity contribution is 7.13. The lowest BCUT2D eigenvalue weighted by atomic mass is 10.2. The minimum Gasteiger partial charge on any atom is -0.352 e. The fraction of sp³-hybridized carbons (Fsp3) is 0.167. The Bertz CT molecular complexity index is 905. The lowest BCUT2D eigenvalue weighted by molar-refractivity contribution is 0.0952. The zero-order valence-electron chi connectivity index (χ0n) is 13.3. The second kappa shape index (κ2) is 7.85. The van der Waals surface area contributed by atoms with Crippen LogP contribution in [0, 0.1) is 5.82 Å². The molecule has 3 rings (SSSR count). The van der Waals surface area contributed by atoms with E-state index in [1.165, 1.54) is 35.0 Å². The molecule has 0 aliphatic carbocycles. The van der Waals surface area contributed by atoms with Crippen molar-refractivity contribution in [3.8, 4) is 10.6 Å². The first-order valence-electron chi connectivity index (χ1n) is 7.79. The first-order chi connectivity index (χ1) is 12.1. The standard InChI is InChI=1S/C18H16FN3O2S/c19-14-6-4-13(5-7-14)18(24)20-10-2-11-22-17(23)9-8-15(21-22)16-3-1-12-25-16/h1,3-9,12H,2,10-11H2,(H,20,24). The number of rotatable bonds is 6. The molecule has 0 bridgehead atoms. The van der Waals surface area contributed by atoms with Gasteiger partial charge in [0.05, 0.1) is 4.88 Å². The average Bonchev–Trinajstić information content (AvgIpc) is 3.15. The van der Waals surface area contributed by atoms with Crippen molar-refractivity contribution in [2.75, 3.05) is 6.54 Å². The quantitative estimate of drug-likeness (QED) is 0.690. The largest absolute Gasteiger partial charge is 0.352 e. The van der Waals surface area contributed by atoms with Gasteiger partial charge in [0, 0.05) is 24.7 Å². The van der Waals surface area contributed by atoms with Gasteiger partial charge in [0.15, 0.2) is 0 Å². The molecule has 1 amide bonds. The van der Waals surface area contributed by atoms with Crippen molar-refractivity contribution in [1.29, 1.82) is 0 Å². The smallest absolute Gasteiger partial charge is 0.266 e. The van der Waals surface area contributed by atoms with Crippen molar-refractivity contribution in [1.82, 2.24) is 15.1 Å². The van der Waals surface area contributed by atoms with Crippen molar-refractivity contribution >= 4 is 17.2 Å². The maximum absolute atomic E-state index is 12.8. The highest BCUT2D eigenvalue weighted by Crippen LogP contribution is 2.21. The van der Waals surface area contributed by atoms with Gasteiger partial charge in [0.25, 0.3) is 11.5 Å². The van der Waals surface area contributed by atoms with Gasteiger partial charge in [-0.1, -0.05) is 6.07 Å². The molecule has 0 aliphatic rings. The summed E-state index contributed by atoms with van der Waals surface area (Å²) in [6, 6.07) is 12.4. The molecule has 2 heterocycles. The number of amides is 1. The number of hydrogen-bond acceptors (Lipinski definition) is 4. The Labute approximate surface area is 147 Å². The van der Waals surface area contributed by atoms with E-state index in [0.717, 1.165) is 10.6 Å². The fourth-order valence-corrected chi connectivity index (χ4v) is 2.99. The lowest BCUT2D eigenvalue weighted by Crippen LogP contribution is -2.28. The third-order valence-electron chi connectivity index (χ3n) is 3.58. The predicted molar refractivity (Wildman–Crippen MR) is 95.2 cm³/mol. The van der Waals surface area contributed by atoms with E-state index in [1.807, 2.05) is 17.5 Å². The van der Waals surface area contributed by atoms with E-state index in [9.17, 15) is 14.0 Å². The molecule has 1 aromatic carbocycles. The second-order valence-corrected chi connectivity index (χ2v) is 6.32. The molecular formula is C18H16FN3O2S. The van der Waals surface area contributed by atoms with Gasteiger partial charge in [-0.25, -0.2) is 9.07 Å². The summed E-state index contributed by atoms with van der Waals surface area (Å²) in [7, 11) is 0. The zero-order valence-corrected chi connectivity index (χ0v) is 14.1. The number of nitrogens with one attached hydrogen (secondary N) is 1. The molecule has 0 radical (unpaired) electrons. The molecule has 0 spiro atoms. The zero-order chi connectivity index (χ0) is 17.6. The third-order valence-corrected chi connectivity index (χ3v) is 4.47. The Morgan fingerprint density at radius 3 is 2.68 bits per heavy atom. The van der Waals surface area contributed by atoms with E-state index < -0.39 is 0 Å². The van der Waals surface area contributed by atoms with Crippen molar-refractivity contribution in [2.24, 2.45) is 0 Å². The van der Waals surface area contributed by atoms with E-state index in [2.05, 4.69) is 10.4 Å². The lowest BCUT2D eigenvalue weighted by Gasteiger charge is -2.08. The van der Waals surface area contributed by atoms with E-state index in [1.54, 1.807) is 17.4 Å². The van der Waals surface area contributed by atoms with Crippen molar-refractivity contribution in [3.05, 3.63) is 75.6 Å². The SMILES string of the molecule is O=C(NCCCn1nc(-c2cccs2)ccc1=O)c1ccc(F)cc1. The summed E-state index contributed by atoms with van der Waals surface area (Å²) in [5.41, 5.74) is 0.978. The predicted octanol–water partition coefficient (Wildman–Crippen LogP) is 2.93. The summed E-state index contributed by atoms with van der Waals surface area (Å²) in [6.07, 6.45) is 0.563. The number of carbonyl (C=O) groups excluding carboxylic acids is 1. The Morgan fingerprint density at radius 1 is 1.16 bits per heavy atom. The molecule has 7 heteroatoms. The van der Waals surface area contributed by atoms with Gasteiger partial charge in [-0.05, 0) is 48.2 Å². The van der Waals surface area contributed by atoms with Crippen LogP contribution in [0.5, 0.6) is 0 Å². The van der Waals surface area contributed by atoms with Crippen LogP contribution in [-0.2, 0) is 6.54 Å². The molecule has 1 N–H and O–H groups in total. The number of aryl methyl sites for hydroxylation is 1. The van der Waals surface area contributed by atoms with Crippen LogP contribution in [0.1, 0.15) is 16.8 Å². The second-order valence-electron chi connectivity index (χ2n) is 5.37. The first kappa shape index (κ1) is 17.0. The van der Waals surface area contributed by atoms with Crippen LogP contribution < -0.4 is 10.9 Å². The number of halogens is 1. The number of carbonyl (C=O) groups is 1. The first-order valence-corrected chi connectivity index (χ1v) is 8.67. The fourth-order valence-electron chi connectivity index (χ4n) is 2.30. The van der Waals surface area contributed by atoms with Gasteiger partial charge in [-0.2, -0.15) is 5.10 Å². The summed E-state index contributed by atoms with van der Waals surface area (Å²) in [4.78, 5) is 24.8. The number of hydrogen-bond donors (Lipinski definition) is 1. The van der Waals surface area contributed by atoms with Gasteiger partial charge >= 0.3 is 0 Å². The molecule has 128 valence electrons.